The van der Waals surface area contributed by atoms with Crippen molar-refractivity contribution in [2.24, 2.45) is 5.92 Å². The van der Waals surface area contributed by atoms with Gasteiger partial charge in [-0.05, 0) is 6.42 Å². The van der Waals surface area contributed by atoms with Crippen molar-refractivity contribution in [2.75, 3.05) is 53.2 Å². The summed E-state index contributed by atoms with van der Waals surface area (Å²) in [5.74, 6) is 0.255. The maximum Gasteiger partial charge on any atom is 0.152 e. The summed E-state index contributed by atoms with van der Waals surface area (Å²) < 4.78 is 10.2. The molecule has 0 aromatic heterocycles. The van der Waals surface area contributed by atoms with Gasteiger partial charge in [-0.1, -0.05) is 0 Å². The van der Waals surface area contributed by atoms with E-state index < -0.39 is 0 Å². The van der Waals surface area contributed by atoms with Crippen molar-refractivity contribution < 1.29 is 19.4 Å². The van der Waals surface area contributed by atoms with Gasteiger partial charge in [0.15, 0.2) is 5.78 Å². The fourth-order valence-electron chi connectivity index (χ4n) is 1.77. The molecule has 0 aliphatic carbocycles. The number of hydrogen-bond donors (Lipinski definition) is 1. The second kappa shape index (κ2) is 7.73. The monoisotopic (exact) mass is 231 g/mol. The Labute approximate surface area is 96.3 Å². The first kappa shape index (κ1) is 13.6. The summed E-state index contributed by atoms with van der Waals surface area (Å²) in [6.45, 7) is 3.47. The summed E-state index contributed by atoms with van der Waals surface area (Å²) in [6, 6.07) is 0. The number of carbonyl (C=O) groups excluding carboxylic acids is 1. The van der Waals surface area contributed by atoms with Crippen molar-refractivity contribution in [3.8, 4) is 0 Å². The van der Waals surface area contributed by atoms with Crippen LogP contribution in [-0.4, -0.2) is 69.0 Å². The van der Waals surface area contributed by atoms with E-state index in [1.165, 1.54) is 0 Å². The van der Waals surface area contributed by atoms with E-state index in [4.69, 9.17) is 14.6 Å². The summed E-state index contributed by atoms with van der Waals surface area (Å²) >= 11 is 0. The number of carbonyl (C=O) groups is 1. The molecule has 1 rings (SSSR count). The molecule has 94 valence electrons. The zero-order chi connectivity index (χ0) is 11.8. The number of hydrogen-bond acceptors (Lipinski definition) is 5. The van der Waals surface area contributed by atoms with Crippen LogP contribution < -0.4 is 0 Å². The number of ketones is 1. The van der Waals surface area contributed by atoms with Crippen LogP contribution in [0.15, 0.2) is 0 Å². The van der Waals surface area contributed by atoms with Crippen molar-refractivity contribution in [1.29, 1.82) is 0 Å². The van der Waals surface area contributed by atoms with Crippen molar-refractivity contribution >= 4 is 5.78 Å². The molecule has 0 bridgehead atoms. The molecule has 1 heterocycles. The predicted octanol–water partition coefficient (Wildman–Crippen LogP) is -0.467. The van der Waals surface area contributed by atoms with Gasteiger partial charge in [-0.15, -0.1) is 0 Å². The quantitative estimate of drug-likeness (QED) is 0.612. The Bertz CT molecular complexity index is 204. The average molecular weight is 231 g/mol. The van der Waals surface area contributed by atoms with Gasteiger partial charge < -0.3 is 14.6 Å². The largest absolute Gasteiger partial charge is 0.395 e. The van der Waals surface area contributed by atoms with Crippen LogP contribution in [0.1, 0.15) is 6.42 Å². The van der Waals surface area contributed by atoms with E-state index in [0.717, 1.165) is 6.42 Å². The lowest BCUT2D eigenvalue weighted by atomic mass is 10.0. The molecule has 1 unspecified atom stereocenters. The van der Waals surface area contributed by atoms with E-state index in [9.17, 15) is 4.79 Å². The predicted molar refractivity (Wildman–Crippen MR) is 59.3 cm³/mol. The average Bonchev–Trinajstić information content (AvgIpc) is 2.79. The molecule has 0 aromatic carbocycles. The third-order valence-corrected chi connectivity index (χ3v) is 2.79. The first-order valence-electron chi connectivity index (χ1n) is 5.70. The number of methoxy groups -OCH3 is 1. The zero-order valence-electron chi connectivity index (χ0n) is 9.85. The van der Waals surface area contributed by atoms with Crippen LogP contribution in [-0.2, 0) is 14.3 Å². The fourth-order valence-corrected chi connectivity index (χ4v) is 1.77. The van der Waals surface area contributed by atoms with Gasteiger partial charge in [0, 0.05) is 32.7 Å². The topological polar surface area (TPSA) is 59.0 Å². The van der Waals surface area contributed by atoms with Gasteiger partial charge in [-0.2, -0.15) is 0 Å². The van der Waals surface area contributed by atoms with Crippen LogP contribution in [0.4, 0.5) is 0 Å². The van der Waals surface area contributed by atoms with Gasteiger partial charge in [0.05, 0.1) is 26.4 Å². The maximum atomic E-state index is 11.8. The molecule has 1 saturated heterocycles. The van der Waals surface area contributed by atoms with E-state index >= 15 is 0 Å². The summed E-state index contributed by atoms with van der Waals surface area (Å²) in [5, 5.41) is 8.90. The van der Waals surface area contributed by atoms with E-state index in [1.54, 1.807) is 7.11 Å². The van der Waals surface area contributed by atoms with E-state index in [1.807, 2.05) is 4.90 Å². The Morgan fingerprint density at radius 2 is 2.38 bits per heavy atom. The Balaban J connectivity index is 2.30. The molecule has 1 atom stereocenters. The van der Waals surface area contributed by atoms with Gasteiger partial charge in [0.25, 0.3) is 0 Å². The molecule has 0 amide bonds. The number of ether oxygens (including phenoxy) is 2. The summed E-state index contributed by atoms with van der Waals surface area (Å²) in [6.07, 6.45) is 0.829. The molecule has 0 spiro atoms. The first-order chi connectivity index (χ1) is 7.77. The molecule has 1 fully saturated rings. The number of aliphatic hydroxyl groups is 1. The van der Waals surface area contributed by atoms with Crippen LogP contribution in [0.2, 0.25) is 0 Å². The molecule has 5 heteroatoms. The second-order valence-electron chi connectivity index (χ2n) is 4.02. The standard InChI is InChI=1S/C11H21NO4/c1-15-7-4-12(3-5-13)8-11(14)10-2-6-16-9-10/h10,13H,2-9H2,1H3. The number of Topliss-reactive ketones (excluding diaryl/α,β-unsaturated/α-hetero) is 1. The van der Waals surface area contributed by atoms with Crippen LogP contribution in [0, 0.1) is 5.92 Å². The van der Waals surface area contributed by atoms with Gasteiger partial charge in [0.2, 0.25) is 0 Å². The molecular weight excluding hydrogens is 210 g/mol. The lowest BCUT2D eigenvalue weighted by molar-refractivity contribution is -0.124. The first-order valence-corrected chi connectivity index (χ1v) is 5.70. The Morgan fingerprint density at radius 1 is 1.56 bits per heavy atom. The Hall–Kier alpha value is -0.490. The summed E-state index contributed by atoms with van der Waals surface area (Å²) in [7, 11) is 1.63. The fraction of sp³-hybridized carbons (Fsp3) is 0.909. The van der Waals surface area contributed by atoms with Crippen LogP contribution in [0.25, 0.3) is 0 Å². The smallest absolute Gasteiger partial charge is 0.152 e. The van der Waals surface area contributed by atoms with Crippen molar-refractivity contribution in [3.05, 3.63) is 0 Å². The van der Waals surface area contributed by atoms with Gasteiger partial charge in [0.1, 0.15) is 0 Å². The third-order valence-electron chi connectivity index (χ3n) is 2.79. The highest BCUT2D eigenvalue weighted by Gasteiger charge is 2.24. The lowest BCUT2D eigenvalue weighted by Gasteiger charge is -2.21. The SMILES string of the molecule is COCCN(CCO)CC(=O)C1CCOC1. The minimum Gasteiger partial charge on any atom is -0.395 e. The molecule has 0 radical (unpaired) electrons. The summed E-state index contributed by atoms with van der Waals surface area (Å²) in [5.41, 5.74) is 0. The highest BCUT2D eigenvalue weighted by Crippen LogP contribution is 2.13. The van der Waals surface area contributed by atoms with Crippen molar-refractivity contribution in [1.82, 2.24) is 4.90 Å². The molecule has 1 N–H and O–H groups in total. The Morgan fingerprint density at radius 3 is 2.94 bits per heavy atom. The normalized spacial score (nSPS) is 20.6. The second-order valence-corrected chi connectivity index (χ2v) is 4.02. The van der Waals surface area contributed by atoms with Crippen molar-refractivity contribution in [3.63, 3.8) is 0 Å². The maximum absolute atomic E-state index is 11.8. The third kappa shape index (κ3) is 4.57. The number of nitrogens with zero attached hydrogens (tertiary/aromatic N) is 1. The van der Waals surface area contributed by atoms with Gasteiger partial charge in [-0.25, -0.2) is 0 Å². The Kier molecular flexibility index (Phi) is 6.56. The molecule has 1 aliphatic heterocycles. The van der Waals surface area contributed by atoms with Gasteiger partial charge in [-0.3, -0.25) is 9.69 Å². The molecule has 0 aromatic rings. The van der Waals surface area contributed by atoms with Gasteiger partial charge >= 0.3 is 0 Å². The minimum absolute atomic E-state index is 0.0451. The van der Waals surface area contributed by atoms with E-state index in [0.29, 0.717) is 39.5 Å². The minimum atomic E-state index is 0.0451. The van der Waals surface area contributed by atoms with Crippen LogP contribution >= 0.6 is 0 Å². The molecule has 5 nitrogen and oxygen atoms in total. The zero-order valence-corrected chi connectivity index (χ0v) is 9.85. The highest BCUT2D eigenvalue weighted by atomic mass is 16.5. The molecule has 16 heavy (non-hydrogen) atoms. The lowest BCUT2D eigenvalue weighted by Crippen LogP contribution is -2.37. The van der Waals surface area contributed by atoms with Crippen molar-refractivity contribution in [2.45, 2.75) is 6.42 Å². The van der Waals surface area contributed by atoms with E-state index in [-0.39, 0.29) is 18.3 Å². The van der Waals surface area contributed by atoms with Crippen LogP contribution in [0.3, 0.4) is 0 Å². The highest BCUT2D eigenvalue weighted by molar-refractivity contribution is 5.83. The summed E-state index contributed by atoms with van der Waals surface area (Å²) in [4.78, 5) is 13.8. The molecule has 0 saturated carbocycles. The number of rotatable bonds is 8. The van der Waals surface area contributed by atoms with Crippen LogP contribution in [0.5, 0.6) is 0 Å². The van der Waals surface area contributed by atoms with E-state index in [2.05, 4.69) is 0 Å². The number of aliphatic hydroxyl groups excluding tert-OH is 1. The molecular formula is C11H21NO4. The molecule has 1 aliphatic rings.